The van der Waals surface area contributed by atoms with Crippen molar-refractivity contribution in [3.8, 4) is 0 Å². The molecule has 3 amide bonds. The minimum atomic E-state index is -0.311. The quantitative estimate of drug-likeness (QED) is 0.574. The van der Waals surface area contributed by atoms with Crippen molar-refractivity contribution in [1.29, 1.82) is 0 Å². The Balaban J connectivity index is 1.52. The summed E-state index contributed by atoms with van der Waals surface area (Å²) < 4.78 is 0. The molecule has 3 rings (SSSR count). The number of benzene rings is 1. The molecule has 0 spiro atoms. The normalized spacial score (nSPS) is 15.3. The lowest BCUT2D eigenvalue weighted by Gasteiger charge is -2.35. The fourth-order valence-electron chi connectivity index (χ4n) is 3.83. The van der Waals surface area contributed by atoms with Gasteiger partial charge in [-0.2, -0.15) is 0 Å². The zero-order valence-corrected chi connectivity index (χ0v) is 16.6. The third kappa shape index (κ3) is 6.29. The summed E-state index contributed by atoms with van der Waals surface area (Å²) in [6, 6.07) is 10.5. The van der Waals surface area contributed by atoms with E-state index in [1.165, 1.54) is 6.42 Å². The first kappa shape index (κ1) is 20.8. The summed E-state index contributed by atoms with van der Waals surface area (Å²) in [5, 5.41) is 8.53. The van der Waals surface area contributed by atoms with E-state index in [0.29, 0.717) is 30.9 Å². The maximum atomic E-state index is 12.6. The van der Waals surface area contributed by atoms with Crippen LogP contribution < -0.4 is 21.7 Å². The van der Waals surface area contributed by atoms with Crippen LogP contribution >= 0.6 is 0 Å². The first-order valence-electron chi connectivity index (χ1n) is 10.1. The Bertz CT molecular complexity index is 819. The van der Waals surface area contributed by atoms with Gasteiger partial charge >= 0.3 is 6.03 Å². The third-order valence-electron chi connectivity index (χ3n) is 5.49. The van der Waals surface area contributed by atoms with E-state index in [0.717, 1.165) is 31.2 Å². The molecular weight excluding hydrogens is 366 g/mol. The molecule has 2 aromatic rings. The van der Waals surface area contributed by atoms with Crippen molar-refractivity contribution >= 4 is 23.3 Å². The lowest BCUT2D eigenvalue weighted by Crippen LogP contribution is -2.36. The summed E-state index contributed by atoms with van der Waals surface area (Å²) in [7, 11) is 0. The first-order chi connectivity index (χ1) is 14.1. The SMILES string of the molecule is NCC1(CC(=O)Nc2cccc(NC(=O)NCc3ccncc3)c2)CCCCC1. The molecular formula is C22H29N5O2. The van der Waals surface area contributed by atoms with Crippen LogP contribution in [0.4, 0.5) is 16.2 Å². The minimum absolute atomic E-state index is 0.0309. The Kier molecular flexibility index (Phi) is 7.19. The van der Waals surface area contributed by atoms with Gasteiger partial charge in [0.2, 0.25) is 5.91 Å². The maximum Gasteiger partial charge on any atom is 0.319 e. The summed E-state index contributed by atoms with van der Waals surface area (Å²) in [5.74, 6) is -0.0309. The number of urea groups is 1. The smallest absolute Gasteiger partial charge is 0.319 e. The number of hydrogen-bond donors (Lipinski definition) is 4. The molecule has 0 unspecified atom stereocenters. The van der Waals surface area contributed by atoms with Gasteiger partial charge in [-0.3, -0.25) is 9.78 Å². The molecule has 1 aliphatic rings. The maximum absolute atomic E-state index is 12.6. The number of nitrogens with zero attached hydrogens (tertiary/aromatic N) is 1. The highest BCUT2D eigenvalue weighted by atomic mass is 16.2. The molecule has 0 saturated heterocycles. The first-order valence-corrected chi connectivity index (χ1v) is 10.1. The lowest BCUT2D eigenvalue weighted by atomic mass is 9.71. The Morgan fingerprint density at radius 2 is 1.69 bits per heavy atom. The van der Waals surface area contributed by atoms with Gasteiger partial charge in [-0.1, -0.05) is 25.3 Å². The van der Waals surface area contributed by atoms with E-state index in [-0.39, 0.29) is 17.4 Å². The molecule has 1 fully saturated rings. The number of carbonyl (C=O) groups excluding carboxylic acids is 2. The van der Waals surface area contributed by atoms with Crippen molar-refractivity contribution in [1.82, 2.24) is 10.3 Å². The van der Waals surface area contributed by atoms with Crippen LogP contribution in [0.5, 0.6) is 0 Å². The number of anilines is 2. The number of rotatable bonds is 7. The predicted molar refractivity (Wildman–Crippen MR) is 114 cm³/mol. The van der Waals surface area contributed by atoms with E-state index in [1.807, 2.05) is 18.2 Å². The lowest BCUT2D eigenvalue weighted by molar-refractivity contribution is -0.118. The monoisotopic (exact) mass is 395 g/mol. The molecule has 1 heterocycles. The Morgan fingerprint density at radius 3 is 2.38 bits per heavy atom. The topological polar surface area (TPSA) is 109 Å². The number of nitrogens with one attached hydrogen (secondary N) is 3. The van der Waals surface area contributed by atoms with Crippen molar-refractivity contribution in [2.75, 3.05) is 17.2 Å². The van der Waals surface area contributed by atoms with Crippen molar-refractivity contribution in [3.63, 3.8) is 0 Å². The molecule has 29 heavy (non-hydrogen) atoms. The number of hydrogen-bond acceptors (Lipinski definition) is 4. The van der Waals surface area contributed by atoms with Gasteiger partial charge in [0.05, 0.1) is 0 Å². The summed E-state index contributed by atoms with van der Waals surface area (Å²) in [6.07, 6.45) is 9.32. The van der Waals surface area contributed by atoms with E-state index in [4.69, 9.17) is 5.73 Å². The van der Waals surface area contributed by atoms with Crippen LogP contribution in [0.3, 0.4) is 0 Å². The number of nitrogens with two attached hydrogens (primary N) is 1. The molecule has 1 aromatic carbocycles. The highest BCUT2D eigenvalue weighted by Crippen LogP contribution is 2.38. The second-order valence-electron chi connectivity index (χ2n) is 7.73. The molecule has 0 atom stereocenters. The fourth-order valence-corrected chi connectivity index (χ4v) is 3.83. The zero-order chi connectivity index (χ0) is 20.5. The highest BCUT2D eigenvalue weighted by Gasteiger charge is 2.32. The molecule has 154 valence electrons. The van der Waals surface area contributed by atoms with Gasteiger partial charge in [0.1, 0.15) is 0 Å². The molecule has 1 aliphatic carbocycles. The van der Waals surface area contributed by atoms with Crippen LogP contribution in [0.2, 0.25) is 0 Å². The minimum Gasteiger partial charge on any atom is -0.334 e. The Morgan fingerprint density at radius 1 is 1.00 bits per heavy atom. The molecule has 0 bridgehead atoms. The van der Waals surface area contributed by atoms with E-state index >= 15 is 0 Å². The molecule has 1 aromatic heterocycles. The van der Waals surface area contributed by atoms with Crippen LogP contribution in [0.15, 0.2) is 48.8 Å². The second kappa shape index (κ2) is 10.0. The van der Waals surface area contributed by atoms with Gasteiger partial charge in [-0.25, -0.2) is 4.79 Å². The van der Waals surface area contributed by atoms with E-state index in [2.05, 4.69) is 20.9 Å². The predicted octanol–water partition coefficient (Wildman–Crippen LogP) is 3.64. The number of pyridine rings is 1. The summed E-state index contributed by atoms with van der Waals surface area (Å²) in [5.41, 5.74) is 8.15. The van der Waals surface area contributed by atoms with Crippen LogP contribution in [-0.2, 0) is 11.3 Å². The van der Waals surface area contributed by atoms with Crippen LogP contribution in [0.1, 0.15) is 44.1 Å². The van der Waals surface area contributed by atoms with E-state index in [9.17, 15) is 9.59 Å². The van der Waals surface area contributed by atoms with Gasteiger partial charge in [0.15, 0.2) is 0 Å². The molecule has 0 radical (unpaired) electrons. The molecule has 5 N–H and O–H groups in total. The van der Waals surface area contributed by atoms with E-state index < -0.39 is 0 Å². The highest BCUT2D eigenvalue weighted by molar-refractivity contribution is 5.93. The molecule has 1 saturated carbocycles. The average Bonchev–Trinajstić information content (AvgIpc) is 2.74. The number of amides is 3. The number of aromatic nitrogens is 1. The van der Waals surface area contributed by atoms with Crippen LogP contribution in [-0.4, -0.2) is 23.5 Å². The number of carbonyl (C=O) groups is 2. The summed E-state index contributed by atoms with van der Waals surface area (Å²) >= 11 is 0. The summed E-state index contributed by atoms with van der Waals surface area (Å²) in [6.45, 7) is 0.950. The Labute approximate surface area is 171 Å². The van der Waals surface area contributed by atoms with Crippen molar-refractivity contribution in [2.24, 2.45) is 11.1 Å². The van der Waals surface area contributed by atoms with Crippen molar-refractivity contribution < 1.29 is 9.59 Å². The zero-order valence-electron chi connectivity index (χ0n) is 16.6. The van der Waals surface area contributed by atoms with Crippen molar-refractivity contribution in [3.05, 3.63) is 54.4 Å². The Hall–Kier alpha value is -2.93. The van der Waals surface area contributed by atoms with Crippen LogP contribution in [0.25, 0.3) is 0 Å². The second-order valence-corrected chi connectivity index (χ2v) is 7.73. The van der Waals surface area contributed by atoms with Gasteiger partial charge < -0.3 is 21.7 Å². The molecule has 0 aliphatic heterocycles. The van der Waals surface area contributed by atoms with Gasteiger partial charge in [-0.15, -0.1) is 0 Å². The standard InChI is InChI=1S/C22H29N5O2/c23-16-22(9-2-1-3-10-22)14-20(28)26-18-5-4-6-19(13-18)27-21(29)25-15-17-7-11-24-12-8-17/h4-8,11-13H,1-3,9-10,14-16,23H2,(H,26,28)(H2,25,27,29). The third-order valence-corrected chi connectivity index (χ3v) is 5.49. The van der Waals surface area contributed by atoms with Gasteiger partial charge in [0.25, 0.3) is 0 Å². The molecule has 7 nitrogen and oxygen atoms in total. The largest absolute Gasteiger partial charge is 0.334 e. The van der Waals surface area contributed by atoms with Gasteiger partial charge in [-0.05, 0) is 60.7 Å². The average molecular weight is 396 g/mol. The van der Waals surface area contributed by atoms with Crippen molar-refractivity contribution in [2.45, 2.75) is 45.1 Å². The molecule has 7 heteroatoms. The van der Waals surface area contributed by atoms with Gasteiger partial charge in [0, 0.05) is 36.7 Å². The van der Waals surface area contributed by atoms with Crippen LogP contribution in [0, 0.1) is 5.41 Å². The van der Waals surface area contributed by atoms with E-state index in [1.54, 1.807) is 30.6 Å². The fraction of sp³-hybridized carbons (Fsp3) is 0.409. The summed E-state index contributed by atoms with van der Waals surface area (Å²) in [4.78, 5) is 28.6.